The number of hydrogen-bond acceptors (Lipinski definition) is 4. The zero-order chi connectivity index (χ0) is 14.4. The number of sulfonamides is 1. The molecular weight excluding hydrogens is 271 g/mol. The fraction of sp³-hybridized carbons (Fsp3) is 0.417. The quantitative estimate of drug-likeness (QED) is 0.888. The van der Waals surface area contributed by atoms with Crippen LogP contribution in [0.25, 0.3) is 0 Å². The topological polar surface area (TPSA) is 80.5 Å². The molecule has 7 heteroatoms. The number of amides is 1. The fourth-order valence-electron chi connectivity index (χ4n) is 2.01. The molecule has 2 rings (SSSR count). The molecule has 0 radical (unpaired) electrons. The molecule has 1 aliphatic rings. The fourth-order valence-corrected chi connectivity index (χ4v) is 3.51. The third-order valence-electron chi connectivity index (χ3n) is 3.38. The Balaban J connectivity index is 2.32. The Kier molecular flexibility index (Phi) is 3.14. The van der Waals surface area contributed by atoms with Crippen molar-refractivity contribution in [3.63, 3.8) is 0 Å². The van der Waals surface area contributed by atoms with E-state index in [-0.39, 0.29) is 13.1 Å². The summed E-state index contributed by atoms with van der Waals surface area (Å²) in [5, 5.41) is 0. The summed E-state index contributed by atoms with van der Waals surface area (Å²) in [5.74, 6) is -0.901. The second-order valence-electron chi connectivity index (χ2n) is 4.94. The van der Waals surface area contributed by atoms with Gasteiger partial charge in [0.1, 0.15) is 5.82 Å². The van der Waals surface area contributed by atoms with E-state index in [0.29, 0.717) is 11.1 Å². The van der Waals surface area contributed by atoms with Gasteiger partial charge in [-0.1, -0.05) is 6.07 Å². The summed E-state index contributed by atoms with van der Waals surface area (Å²) in [6.07, 6.45) is 0. The van der Waals surface area contributed by atoms with Gasteiger partial charge in [0.25, 0.3) is 15.9 Å². The maximum Gasteiger partial charge on any atom is 0.259 e. The first-order valence-electron chi connectivity index (χ1n) is 5.76. The van der Waals surface area contributed by atoms with Crippen molar-refractivity contribution >= 4 is 15.9 Å². The number of carbonyl (C=O) groups excluding carboxylic acids is 1. The second kappa shape index (κ2) is 4.28. The predicted octanol–water partition coefficient (Wildman–Crippen LogP) is 0.735. The van der Waals surface area contributed by atoms with Crippen LogP contribution in [-0.4, -0.2) is 23.4 Å². The summed E-state index contributed by atoms with van der Waals surface area (Å²) in [5.41, 5.74) is 6.52. The zero-order valence-corrected chi connectivity index (χ0v) is 11.5. The molecule has 5 nitrogen and oxygen atoms in total. The normalized spacial score (nSPS) is 20.2. The smallest absolute Gasteiger partial charge is 0.259 e. The lowest BCUT2D eigenvalue weighted by atomic mass is 10.1. The van der Waals surface area contributed by atoms with Gasteiger partial charge in [-0.15, -0.1) is 0 Å². The van der Waals surface area contributed by atoms with Crippen molar-refractivity contribution in [2.75, 3.05) is 0 Å². The molecule has 0 aromatic heterocycles. The van der Waals surface area contributed by atoms with Crippen molar-refractivity contribution in [2.24, 2.45) is 5.73 Å². The van der Waals surface area contributed by atoms with E-state index in [1.807, 2.05) is 0 Å². The molecule has 1 aliphatic heterocycles. The van der Waals surface area contributed by atoms with Crippen LogP contribution < -0.4 is 5.73 Å². The summed E-state index contributed by atoms with van der Waals surface area (Å²) < 4.78 is 36.4. The van der Waals surface area contributed by atoms with Gasteiger partial charge in [-0.25, -0.2) is 17.1 Å². The second-order valence-corrected chi connectivity index (χ2v) is 7.36. The van der Waals surface area contributed by atoms with Crippen LogP contribution in [0, 0.1) is 5.82 Å². The lowest BCUT2D eigenvalue weighted by molar-refractivity contribution is -0.132. The molecule has 0 spiro atoms. The molecule has 104 valence electrons. The van der Waals surface area contributed by atoms with E-state index < -0.39 is 26.5 Å². The molecule has 1 aromatic carbocycles. The van der Waals surface area contributed by atoms with Crippen molar-refractivity contribution in [3.8, 4) is 0 Å². The molecule has 1 saturated heterocycles. The van der Waals surface area contributed by atoms with Crippen molar-refractivity contribution < 1.29 is 17.6 Å². The van der Waals surface area contributed by atoms with Gasteiger partial charge in [0.15, 0.2) is 4.75 Å². The number of nitrogens with two attached hydrogens (primary N) is 1. The van der Waals surface area contributed by atoms with Gasteiger partial charge >= 0.3 is 0 Å². The Morgan fingerprint density at radius 1 is 1.32 bits per heavy atom. The van der Waals surface area contributed by atoms with Crippen LogP contribution in [-0.2, 0) is 27.9 Å². The molecule has 1 heterocycles. The summed E-state index contributed by atoms with van der Waals surface area (Å²) in [4.78, 5) is 11.8. The van der Waals surface area contributed by atoms with E-state index in [9.17, 15) is 17.6 Å². The summed E-state index contributed by atoms with van der Waals surface area (Å²) in [6.45, 7) is 2.72. The van der Waals surface area contributed by atoms with Crippen LogP contribution in [0.1, 0.15) is 25.0 Å². The minimum atomic E-state index is -3.63. The van der Waals surface area contributed by atoms with E-state index in [1.54, 1.807) is 0 Å². The first-order chi connectivity index (χ1) is 8.71. The molecular formula is C12H15FN2O3S. The number of nitrogens with zero attached hydrogens (tertiary/aromatic N) is 1. The number of carbonyl (C=O) groups is 1. The highest BCUT2D eigenvalue weighted by Crippen LogP contribution is 2.36. The Labute approximate surface area is 111 Å². The molecule has 0 unspecified atom stereocenters. The van der Waals surface area contributed by atoms with Crippen molar-refractivity contribution in [1.82, 2.24) is 4.31 Å². The Morgan fingerprint density at radius 3 is 2.47 bits per heavy atom. The highest BCUT2D eigenvalue weighted by Gasteiger charge is 2.59. The van der Waals surface area contributed by atoms with Crippen LogP contribution in [0.4, 0.5) is 4.39 Å². The van der Waals surface area contributed by atoms with E-state index >= 15 is 0 Å². The highest BCUT2D eigenvalue weighted by molar-refractivity contribution is 7.94. The lowest BCUT2D eigenvalue weighted by Gasteiger charge is -2.43. The van der Waals surface area contributed by atoms with Gasteiger partial charge in [-0.2, -0.15) is 0 Å². The van der Waals surface area contributed by atoms with Crippen molar-refractivity contribution in [3.05, 3.63) is 35.1 Å². The third kappa shape index (κ3) is 1.93. The lowest BCUT2D eigenvalue weighted by Crippen LogP contribution is -2.66. The number of hydrogen-bond donors (Lipinski definition) is 1. The van der Waals surface area contributed by atoms with E-state index in [2.05, 4.69) is 0 Å². The van der Waals surface area contributed by atoms with Gasteiger partial charge < -0.3 is 5.73 Å². The van der Waals surface area contributed by atoms with Crippen molar-refractivity contribution in [2.45, 2.75) is 31.7 Å². The molecule has 0 aliphatic carbocycles. The average molecular weight is 286 g/mol. The van der Waals surface area contributed by atoms with Gasteiger partial charge in [-0.05, 0) is 37.1 Å². The Bertz CT molecular complexity index is 640. The average Bonchev–Trinajstić information content (AvgIpc) is 2.35. The zero-order valence-electron chi connectivity index (χ0n) is 10.7. The van der Waals surface area contributed by atoms with Crippen LogP contribution in [0.5, 0.6) is 0 Å². The van der Waals surface area contributed by atoms with E-state index in [4.69, 9.17) is 5.73 Å². The maximum absolute atomic E-state index is 13.1. The first-order valence-corrected chi connectivity index (χ1v) is 7.20. The predicted molar refractivity (Wildman–Crippen MR) is 67.8 cm³/mol. The molecule has 1 amide bonds. The Hall–Kier alpha value is -1.47. The third-order valence-corrected chi connectivity index (χ3v) is 5.72. The number of halogens is 1. The maximum atomic E-state index is 13.1. The standard InChI is InChI=1S/C12H15FN2O3S/c1-12(2)11(16)15(19(12,17)18)7-8-3-4-10(13)5-9(8)6-14/h3-5H,6-7,14H2,1-2H3. The molecule has 1 fully saturated rings. The summed E-state index contributed by atoms with van der Waals surface area (Å²) in [7, 11) is -3.63. The van der Waals surface area contributed by atoms with Gasteiger partial charge in [0, 0.05) is 6.54 Å². The summed E-state index contributed by atoms with van der Waals surface area (Å²) >= 11 is 0. The van der Waals surface area contributed by atoms with Crippen LogP contribution in [0.15, 0.2) is 18.2 Å². The van der Waals surface area contributed by atoms with Crippen LogP contribution in [0.2, 0.25) is 0 Å². The molecule has 0 atom stereocenters. The van der Waals surface area contributed by atoms with Gasteiger partial charge in [0.05, 0.1) is 6.54 Å². The molecule has 0 saturated carbocycles. The van der Waals surface area contributed by atoms with Crippen LogP contribution in [0.3, 0.4) is 0 Å². The van der Waals surface area contributed by atoms with Gasteiger partial charge in [-0.3, -0.25) is 4.79 Å². The molecule has 19 heavy (non-hydrogen) atoms. The largest absolute Gasteiger partial charge is 0.326 e. The minimum Gasteiger partial charge on any atom is -0.326 e. The molecule has 2 N–H and O–H groups in total. The monoisotopic (exact) mass is 286 g/mol. The number of benzene rings is 1. The summed E-state index contributed by atoms with van der Waals surface area (Å²) in [6, 6.07) is 3.92. The van der Waals surface area contributed by atoms with E-state index in [0.717, 1.165) is 4.31 Å². The minimum absolute atomic E-state index is 0.0819. The highest BCUT2D eigenvalue weighted by atomic mass is 32.2. The van der Waals surface area contributed by atoms with E-state index in [1.165, 1.54) is 32.0 Å². The van der Waals surface area contributed by atoms with Crippen molar-refractivity contribution in [1.29, 1.82) is 0 Å². The Morgan fingerprint density at radius 2 is 1.95 bits per heavy atom. The first kappa shape index (κ1) is 14.0. The molecule has 1 aromatic rings. The number of rotatable bonds is 3. The SMILES string of the molecule is CC1(C)C(=O)N(Cc2ccc(F)cc2CN)S1(=O)=O. The van der Waals surface area contributed by atoms with Gasteiger partial charge in [0.2, 0.25) is 0 Å². The molecule has 0 bridgehead atoms. The van der Waals surface area contributed by atoms with Crippen LogP contribution >= 0.6 is 0 Å².